The van der Waals surface area contributed by atoms with Gasteiger partial charge in [-0.15, -0.1) is 0 Å². The number of carbonyl (C=O) groups is 2. The van der Waals surface area contributed by atoms with Gasteiger partial charge in [0.1, 0.15) is 0 Å². The minimum Gasteiger partial charge on any atom is -0.478 e. The van der Waals surface area contributed by atoms with Gasteiger partial charge in [0, 0.05) is 19.5 Å². The number of hydrogen-bond acceptors (Lipinski definition) is 2. The first-order valence-electron chi connectivity index (χ1n) is 17.2. The summed E-state index contributed by atoms with van der Waals surface area (Å²) < 4.78 is 0. The lowest BCUT2D eigenvalue weighted by molar-refractivity contribution is -0.223. The number of rotatable bonds is 4. The van der Waals surface area contributed by atoms with Crippen LogP contribution in [0.15, 0.2) is 30.3 Å². The number of allylic oxidation sites excluding steroid dienone is 2. The molecule has 4 nitrogen and oxygen atoms in total. The maximum atomic E-state index is 12.7. The minimum atomic E-state index is -0.858. The van der Waals surface area contributed by atoms with E-state index in [9.17, 15) is 14.7 Å². The van der Waals surface area contributed by atoms with E-state index in [1.54, 1.807) is 12.1 Å². The molecule has 7 unspecified atom stereocenters. The molecule has 4 heteroatoms. The van der Waals surface area contributed by atoms with E-state index in [1.165, 1.54) is 68.9 Å². The van der Waals surface area contributed by atoms with Crippen molar-refractivity contribution < 1.29 is 14.7 Å². The standard InChI is InChI=1S/C38H53NO3/c1-34(2)27(25-10-12-26(13-11-25)33(41)42)16-19-35(3)30(34)17-20-37(5)31(35)15-14-28-29-8-6-18-38(29,22-21-36(28,37)4)24-39-23-7-9-32(39)40/h10-13,16,28-31H,6-9,14-15,17-24H2,1-5H3,(H,41,42)/t28?,29?,30?,31?,35?,36-,37?,38?/m1/s1. The summed E-state index contributed by atoms with van der Waals surface area (Å²) in [4.78, 5) is 26.4. The van der Waals surface area contributed by atoms with Crippen molar-refractivity contribution in [3.05, 3.63) is 41.5 Å². The fourth-order valence-electron chi connectivity index (χ4n) is 13.1. The van der Waals surface area contributed by atoms with Gasteiger partial charge in [0.05, 0.1) is 5.56 Å². The molecule has 5 aliphatic carbocycles. The van der Waals surface area contributed by atoms with Crippen LogP contribution in [-0.4, -0.2) is 35.0 Å². The van der Waals surface area contributed by atoms with Crippen LogP contribution in [0.3, 0.4) is 0 Å². The fraction of sp³-hybridized carbons (Fsp3) is 0.737. The van der Waals surface area contributed by atoms with Crippen molar-refractivity contribution >= 4 is 17.4 Å². The molecule has 1 aromatic rings. The Balaban J connectivity index is 1.19. The second-order valence-corrected chi connectivity index (χ2v) is 16.9. The van der Waals surface area contributed by atoms with Crippen molar-refractivity contribution in [2.24, 2.45) is 50.7 Å². The number of carboxylic acid groups (broad SMARTS) is 1. The first-order chi connectivity index (χ1) is 19.9. The van der Waals surface area contributed by atoms with Crippen LogP contribution in [0.2, 0.25) is 0 Å². The van der Waals surface area contributed by atoms with Crippen LogP contribution in [0, 0.1) is 50.7 Å². The molecule has 0 radical (unpaired) electrons. The van der Waals surface area contributed by atoms with E-state index >= 15 is 0 Å². The first-order valence-corrected chi connectivity index (χ1v) is 17.2. The lowest BCUT2D eigenvalue weighted by atomic mass is 9.32. The van der Waals surface area contributed by atoms with E-state index in [0.717, 1.165) is 50.1 Å². The van der Waals surface area contributed by atoms with Gasteiger partial charge in [0.15, 0.2) is 0 Å². The Morgan fingerprint density at radius 3 is 2.31 bits per heavy atom. The molecular weight excluding hydrogens is 518 g/mol. The summed E-state index contributed by atoms with van der Waals surface area (Å²) in [5, 5.41) is 9.42. The summed E-state index contributed by atoms with van der Waals surface area (Å²) in [6.45, 7) is 15.0. The van der Waals surface area contributed by atoms with Gasteiger partial charge in [0.25, 0.3) is 0 Å². The predicted octanol–water partition coefficient (Wildman–Crippen LogP) is 8.86. The molecule has 0 spiro atoms. The molecule has 6 aliphatic rings. The van der Waals surface area contributed by atoms with E-state index < -0.39 is 5.97 Å². The minimum absolute atomic E-state index is 0.0479. The maximum Gasteiger partial charge on any atom is 0.335 e. The Kier molecular flexibility index (Phi) is 6.45. The normalized spacial score (nSPS) is 44.1. The van der Waals surface area contributed by atoms with E-state index in [0.29, 0.717) is 33.6 Å². The molecule has 228 valence electrons. The number of carboxylic acids is 1. The number of amides is 1. The maximum absolute atomic E-state index is 12.7. The highest BCUT2D eigenvalue weighted by molar-refractivity contribution is 5.88. The van der Waals surface area contributed by atoms with Crippen LogP contribution >= 0.6 is 0 Å². The third-order valence-electron chi connectivity index (χ3n) is 15.2. The van der Waals surface area contributed by atoms with Gasteiger partial charge in [-0.1, -0.05) is 59.2 Å². The van der Waals surface area contributed by atoms with Gasteiger partial charge in [-0.3, -0.25) is 4.79 Å². The molecule has 0 bridgehead atoms. The number of benzene rings is 1. The van der Waals surface area contributed by atoms with Crippen LogP contribution in [-0.2, 0) is 4.79 Å². The summed E-state index contributed by atoms with van der Waals surface area (Å²) in [5.74, 6) is 2.49. The summed E-state index contributed by atoms with van der Waals surface area (Å²) in [6.07, 6.45) is 17.5. The third-order valence-corrected chi connectivity index (χ3v) is 15.2. The predicted molar refractivity (Wildman–Crippen MR) is 168 cm³/mol. The highest BCUT2D eigenvalue weighted by Crippen LogP contribution is 2.77. The van der Waals surface area contributed by atoms with Gasteiger partial charge in [0.2, 0.25) is 5.91 Å². The SMILES string of the molecule is CC1(C)C(c2ccc(C(=O)O)cc2)=CCC2(C)C1CCC1(C)C2CCC2C3CCCC3(CN3CCCC3=O)CC[C@]21C. The van der Waals surface area contributed by atoms with Gasteiger partial charge < -0.3 is 10.0 Å². The molecule has 1 amide bonds. The van der Waals surface area contributed by atoms with Crippen molar-refractivity contribution in [1.82, 2.24) is 4.90 Å². The fourth-order valence-corrected chi connectivity index (χ4v) is 13.1. The van der Waals surface area contributed by atoms with Gasteiger partial charge >= 0.3 is 5.97 Å². The molecule has 1 N–H and O–H groups in total. The molecule has 1 aromatic carbocycles. The third kappa shape index (κ3) is 3.78. The quantitative estimate of drug-likeness (QED) is 0.393. The Labute approximate surface area is 253 Å². The average Bonchev–Trinajstić information content (AvgIpc) is 3.55. The van der Waals surface area contributed by atoms with Crippen molar-refractivity contribution in [3.63, 3.8) is 0 Å². The van der Waals surface area contributed by atoms with E-state index in [2.05, 4.69) is 45.6 Å². The van der Waals surface area contributed by atoms with Crippen LogP contribution in [0.4, 0.5) is 0 Å². The molecule has 1 heterocycles. The first kappa shape index (κ1) is 28.7. The largest absolute Gasteiger partial charge is 0.478 e. The molecule has 0 aromatic heterocycles. The summed E-state index contributed by atoms with van der Waals surface area (Å²) in [5.41, 5.74) is 4.39. The Morgan fingerprint density at radius 1 is 0.857 bits per heavy atom. The van der Waals surface area contributed by atoms with Gasteiger partial charge in [-0.05, 0) is 138 Å². The van der Waals surface area contributed by atoms with Crippen LogP contribution in [0.5, 0.6) is 0 Å². The molecule has 7 rings (SSSR count). The highest BCUT2D eigenvalue weighted by Gasteiger charge is 2.69. The Morgan fingerprint density at radius 2 is 1.62 bits per heavy atom. The van der Waals surface area contributed by atoms with Crippen LogP contribution in [0.25, 0.3) is 5.57 Å². The van der Waals surface area contributed by atoms with Gasteiger partial charge in [-0.2, -0.15) is 0 Å². The lowest BCUT2D eigenvalue weighted by Crippen LogP contribution is -2.65. The molecule has 5 fully saturated rings. The molecular formula is C38H53NO3. The van der Waals surface area contributed by atoms with E-state index in [1.807, 2.05) is 12.1 Å². The molecule has 4 saturated carbocycles. The molecule has 1 aliphatic heterocycles. The van der Waals surface area contributed by atoms with Crippen molar-refractivity contribution in [1.29, 1.82) is 0 Å². The summed E-state index contributed by atoms with van der Waals surface area (Å²) in [6, 6.07) is 7.61. The number of likely N-dealkylation sites (tertiary alicyclic amines) is 1. The van der Waals surface area contributed by atoms with Crippen molar-refractivity contribution in [3.8, 4) is 0 Å². The molecule has 42 heavy (non-hydrogen) atoms. The smallest absolute Gasteiger partial charge is 0.335 e. The lowest BCUT2D eigenvalue weighted by Gasteiger charge is -2.72. The zero-order valence-corrected chi connectivity index (χ0v) is 26.8. The number of carbonyl (C=O) groups excluding carboxylic acids is 1. The number of aromatic carboxylic acids is 1. The van der Waals surface area contributed by atoms with E-state index in [-0.39, 0.29) is 10.8 Å². The number of hydrogen-bond donors (Lipinski definition) is 1. The topological polar surface area (TPSA) is 57.6 Å². The number of nitrogens with zero attached hydrogens (tertiary/aromatic N) is 1. The highest BCUT2D eigenvalue weighted by atomic mass is 16.4. The molecule has 1 saturated heterocycles. The van der Waals surface area contributed by atoms with Crippen LogP contribution < -0.4 is 0 Å². The Bertz CT molecular complexity index is 1310. The van der Waals surface area contributed by atoms with Crippen LogP contribution in [0.1, 0.15) is 128 Å². The second-order valence-electron chi connectivity index (χ2n) is 16.9. The number of fused-ring (bicyclic) bond motifs is 7. The van der Waals surface area contributed by atoms with Gasteiger partial charge in [-0.25, -0.2) is 4.79 Å². The van der Waals surface area contributed by atoms with Crippen molar-refractivity contribution in [2.45, 2.75) is 112 Å². The van der Waals surface area contributed by atoms with Crippen molar-refractivity contribution in [2.75, 3.05) is 13.1 Å². The molecule has 8 atom stereocenters. The summed E-state index contributed by atoms with van der Waals surface area (Å²) in [7, 11) is 0. The monoisotopic (exact) mass is 571 g/mol. The summed E-state index contributed by atoms with van der Waals surface area (Å²) >= 11 is 0. The second kappa shape index (κ2) is 9.45. The average molecular weight is 572 g/mol. The zero-order valence-electron chi connectivity index (χ0n) is 26.8. The van der Waals surface area contributed by atoms with E-state index in [4.69, 9.17) is 0 Å². The Hall–Kier alpha value is -2.10. The zero-order chi connectivity index (χ0) is 29.7.